The van der Waals surface area contributed by atoms with E-state index in [0.29, 0.717) is 12.8 Å². The van der Waals surface area contributed by atoms with E-state index >= 15 is 0 Å². The Morgan fingerprint density at radius 2 is 0.528 bits per heavy atom. The van der Waals surface area contributed by atoms with E-state index in [2.05, 4.69) is 69.4 Å². The van der Waals surface area contributed by atoms with Gasteiger partial charge in [-0.2, -0.15) is 0 Å². The van der Waals surface area contributed by atoms with Crippen molar-refractivity contribution in [3.63, 3.8) is 0 Å². The Labute approximate surface area is 447 Å². The van der Waals surface area contributed by atoms with E-state index in [1.165, 1.54) is 212 Å². The Hall–Kier alpha value is -2.89. The molecule has 6 nitrogen and oxygen atoms in total. The van der Waals surface area contributed by atoms with E-state index in [9.17, 15) is 14.4 Å². The summed E-state index contributed by atoms with van der Waals surface area (Å²) in [5.41, 5.74) is 0. The molecule has 0 saturated carbocycles. The van der Waals surface area contributed by atoms with E-state index in [4.69, 9.17) is 14.2 Å². The molecule has 6 heteroatoms. The summed E-state index contributed by atoms with van der Waals surface area (Å²) in [5.74, 6) is -1.03. The van der Waals surface area contributed by atoms with Crippen LogP contribution in [0.25, 0.3) is 0 Å². The molecule has 1 unspecified atom stereocenters. The van der Waals surface area contributed by atoms with Crippen LogP contribution in [0, 0.1) is 0 Å². The number of hydrogen-bond acceptors (Lipinski definition) is 6. The fourth-order valence-corrected chi connectivity index (χ4v) is 9.17. The number of rotatable bonds is 57. The topological polar surface area (TPSA) is 78.9 Å². The average molecular weight is 1010 g/mol. The molecule has 1 atom stereocenters. The predicted molar refractivity (Wildman–Crippen MR) is 312 cm³/mol. The molecule has 0 amide bonds. The van der Waals surface area contributed by atoms with E-state index in [0.717, 1.165) is 70.6 Å². The van der Waals surface area contributed by atoms with Gasteiger partial charge >= 0.3 is 17.9 Å². The van der Waals surface area contributed by atoms with Gasteiger partial charge in [0.05, 0.1) is 6.42 Å². The van der Waals surface area contributed by atoms with Crippen LogP contribution in [0.2, 0.25) is 0 Å². The lowest BCUT2D eigenvalue weighted by atomic mass is 10.0. The molecule has 0 N–H and O–H groups in total. The largest absolute Gasteiger partial charge is 0.462 e. The van der Waals surface area contributed by atoms with Crippen LogP contribution in [-0.4, -0.2) is 37.2 Å². The van der Waals surface area contributed by atoms with Crippen LogP contribution >= 0.6 is 0 Å². The smallest absolute Gasteiger partial charge is 0.310 e. The second kappa shape index (κ2) is 60.7. The van der Waals surface area contributed by atoms with Gasteiger partial charge in [0.25, 0.3) is 0 Å². The molecule has 0 aliphatic heterocycles. The number of allylic oxidation sites excluding steroid dienone is 9. The third kappa shape index (κ3) is 58.0. The maximum absolute atomic E-state index is 12.8. The third-order valence-electron chi connectivity index (χ3n) is 13.8. The normalized spacial score (nSPS) is 12.4. The molecular formula is C66H118O6. The Bertz CT molecular complexity index is 1290. The van der Waals surface area contributed by atoms with Crippen LogP contribution in [-0.2, 0) is 28.6 Å². The fourth-order valence-electron chi connectivity index (χ4n) is 9.17. The highest BCUT2D eigenvalue weighted by Crippen LogP contribution is 2.18. The summed E-state index contributed by atoms with van der Waals surface area (Å²) in [4.78, 5) is 38.1. The second-order valence-electron chi connectivity index (χ2n) is 21.0. The molecule has 0 spiro atoms. The SMILES string of the molecule is CC/C=C\C/C=C\C/C=C\C/C=C\C/C=C\CC(=O)OC(COC(=O)CCCCCCCCCCCCC)COC(=O)CCCCCCCCCCCCCCCCCCCCCCCCCCCCCC. The predicted octanol–water partition coefficient (Wildman–Crippen LogP) is 21.2. The zero-order valence-electron chi connectivity index (χ0n) is 47.9. The summed E-state index contributed by atoms with van der Waals surface area (Å²) < 4.78 is 16.8. The molecule has 0 aromatic carbocycles. The van der Waals surface area contributed by atoms with Crippen LogP contribution in [0.1, 0.15) is 323 Å². The van der Waals surface area contributed by atoms with Crippen LogP contribution in [0.5, 0.6) is 0 Å². The molecule has 0 aliphatic rings. The molecule has 0 rings (SSSR count). The lowest BCUT2D eigenvalue weighted by Gasteiger charge is -2.18. The van der Waals surface area contributed by atoms with Gasteiger partial charge in [-0.25, -0.2) is 0 Å². The van der Waals surface area contributed by atoms with E-state index in [1.54, 1.807) is 6.08 Å². The molecule has 0 radical (unpaired) electrons. The lowest BCUT2D eigenvalue weighted by molar-refractivity contribution is -0.166. The maximum atomic E-state index is 12.8. The van der Waals surface area contributed by atoms with Crippen molar-refractivity contribution in [2.45, 2.75) is 329 Å². The zero-order valence-corrected chi connectivity index (χ0v) is 47.9. The number of esters is 3. The van der Waals surface area contributed by atoms with Crippen molar-refractivity contribution in [3.05, 3.63) is 60.8 Å². The van der Waals surface area contributed by atoms with Crippen molar-refractivity contribution >= 4 is 17.9 Å². The monoisotopic (exact) mass is 1010 g/mol. The molecule has 0 fully saturated rings. The quantitative estimate of drug-likeness (QED) is 0.0261. The lowest BCUT2D eigenvalue weighted by Crippen LogP contribution is -2.30. The summed E-state index contributed by atoms with van der Waals surface area (Å²) in [7, 11) is 0. The number of carbonyl (C=O) groups excluding carboxylic acids is 3. The Balaban J connectivity index is 4.20. The number of carbonyl (C=O) groups is 3. The summed E-state index contributed by atoms with van der Waals surface area (Å²) in [6, 6.07) is 0. The highest BCUT2D eigenvalue weighted by molar-refractivity contribution is 5.72. The van der Waals surface area contributed by atoms with Gasteiger partial charge in [0.15, 0.2) is 6.10 Å². The molecule has 0 aromatic rings. The van der Waals surface area contributed by atoms with Crippen molar-refractivity contribution < 1.29 is 28.6 Å². The number of unbranched alkanes of at least 4 members (excludes halogenated alkanes) is 37. The highest BCUT2D eigenvalue weighted by Gasteiger charge is 2.19. The summed E-state index contributed by atoms with van der Waals surface area (Å²) >= 11 is 0. The van der Waals surface area contributed by atoms with Crippen LogP contribution in [0.3, 0.4) is 0 Å². The van der Waals surface area contributed by atoms with Crippen LogP contribution in [0.15, 0.2) is 60.8 Å². The van der Waals surface area contributed by atoms with Gasteiger partial charge in [-0.3, -0.25) is 14.4 Å². The van der Waals surface area contributed by atoms with Crippen molar-refractivity contribution in [2.24, 2.45) is 0 Å². The van der Waals surface area contributed by atoms with Crippen LogP contribution < -0.4 is 0 Å². The van der Waals surface area contributed by atoms with Gasteiger partial charge in [0.2, 0.25) is 0 Å². The molecule has 418 valence electrons. The maximum Gasteiger partial charge on any atom is 0.310 e. The number of hydrogen-bond donors (Lipinski definition) is 0. The molecule has 0 heterocycles. The minimum Gasteiger partial charge on any atom is -0.462 e. The fraction of sp³-hybridized carbons (Fsp3) is 0.803. The second-order valence-corrected chi connectivity index (χ2v) is 21.0. The minimum atomic E-state index is -0.825. The summed E-state index contributed by atoms with van der Waals surface area (Å²) in [5, 5.41) is 0. The molecule has 0 saturated heterocycles. The highest BCUT2D eigenvalue weighted by atomic mass is 16.6. The first-order valence-electron chi connectivity index (χ1n) is 31.3. The van der Waals surface area contributed by atoms with Gasteiger partial charge in [0.1, 0.15) is 13.2 Å². The Morgan fingerprint density at radius 3 is 0.792 bits per heavy atom. The zero-order chi connectivity index (χ0) is 52.2. The first kappa shape index (κ1) is 69.1. The van der Waals surface area contributed by atoms with Gasteiger partial charge in [-0.15, -0.1) is 0 Å². The molecule has 0 aliphatic carbocycles. The van der Waals surface area contributed by atoms with Crippen molar-refractivity contribution in [3.8, 4) is 0 Å². The first-order valence-corrected chi connectivity index (χ1v) is 31.3. The molecule has 0 bridgehead atoms. The van der Waals surface area contributed by atoms with Crippen LogP contribution in [0.4, 0.5) is 0 Å². The Kier molecular flexibility index (Phi) is 58.2. The van der Waals surface area contributed by atoms with Gasteiger partial charge < -0.3 is 14.2 Å². The molecule has 72 heavy (non-hydrogen) atoms. The van der Waals surface area contributed by atoms with Gasteiger partial charge in [-0.05, 0) is 44.9 Å². The minimum absolute atomic E-state index is 0.101. The first-order chi connectivity index (χ1) is 35.5. The van der Waals surface area contributed by atoms with E-state index in [-0.39, 0.29) is 31.6 Å². The Morgan fingerprint density at radius 1 is 0.292 bits per heavy atom. The molecular weight excluding hydrogens is 889 g/mol. The van der Waals surface area contributed by atoms with Gasteiger partial charge in [-0.1, -0.05) is 319 Å². The van der Waals surface area contributed by atoms with Crippen molar-refractivity contribution in [2.75, 3.05) is 13.2 Å². The summed E-state index contributed by atoms with van der Waals surface area (Å²) in [6.45, 7) is 6.47. The number of ether oxygens (including phenoxy) is 3. The van der Waals surface area contributed by atoms with Gasteiger partial charge in [0, 0.05) is 12.8 Å². The summed E-state index contributed by atoms with van der Waals surface area (Å²) in [6.07, 6.45) is 77.1. The standard InChI is InChI=1S/C66H118O6/c1-4-7-10-13-16-19-22-24-26-27-28-29-30-31-32-33-34-35-36-37-38-40-41-44-47-50-53-56-59-65(68)71-62-63(61-70-64(67)58-55-52-49-46-43-21-18-15-12-9-6-3)72-66(69)60-57-54-51-48-45-42-39-25-23-20-17-14-11-8-5-2/h8,11,17,20,25,39,45,48,54,57,63H,4-7,9-10,12-16,18-19,21-24,26-38,40-44,46-47,49-53,55-56,58-62H2,1-3H3/b11-8-,20-17-,39-25-,48-45-,57-54-. The van der Waals surface area contributed by atoms with E-state index < -0.39 is 12.1 Å². The van der Waals surface area contributed by atoms with Crippen molar-refractivity contribution in [1.82, 2.24) is 0 Å². The third-order valence-corrected chi connectivity index (χ3v) is 13.8. The molecule has 0 aromatic heterocycles. The van der Waals surface area contributed by atoms with Crippen molar-refractivity contribution in [1.29, 1.82) is 0 Å². The average Bonchev–Trinajstić information content (AvgIpc) is 3.38. The van der Waals surface area contributed by atoms with E-state index in [1.807, 2.05) is 6.08 Å².